The van der Waals surface area contributed by atoms with Gasteiger partial charge < -0.3 is 24.4 Å². The number of rotatable bonds is 4. The van der Waals surface area contributed by atoms with Crippen LogP contribution in [0.25, 0.3) is 32.9 Å². The van der Waals surface area contributed by atoms with Crippen LogP contribution in [0.4, 0.5) is 24.2 Å². The fourth-order valence-corrected chi connectivity index (χ4v) is 12.7. The third-order valence-electron chi connectivity index (χ3n) is 13.3. The molecule has 312 valence electrons. The van der Waals surface area contributed by atoms with Crippen molar-refractivity contribution in [3.63, 3.8) is 0 Å². The van der Waals surface area contributed by atoms with E-state index in [-0.39, 0.29) is 47.7 Å². The molecule has 7 aliphatic heterocycles. The van der Waals surface area contributed by atoms with Crippen molar-refractivity contribution in [2.24, 2.45) is 0 Å². The SMILES string of the molecule is C[C@@]12CCCN(C1)c1nc(OC[C@@]34CCCN3C[C@H](F)C4)nc3c(F)c(ncc13)-c1cc(OC(=O)N3C4CCC3CS(=O)(=O)C4)cc3cccc(c13)CCCOC(=O)N2. The van der Waals surface area contributed by atoms with Crippen LogP contribution in [0.2, 0.25) is 0 Å². The molecule has 9 heterocycles. The van der Waals surface area contributed by atoms with E-state index in [2.05, 4.69) is 15.2 Å². The van der Waals surface area contributed by atoms with Gasteiger partial charge in [0.15, 0.2) is 15.7 Å². The molecule has 2 amide bonds. The second-order valence-electron chi connectivity index (χ2n) is 17.6. The molecule has 8 bridgehead atoms. The number of alkyl carbamates (subject to hydrolysis) is 1. The number of alkyl halides is 1. The van der Waals surface area contributed by atoms with Crippen LogP contribution in [-0.4, -0.2) is 126 Å². The zero-order chi connectivity index (χ0) is 40.7. The molecule has 4 aromatic rings. The second-order valence-corrected chi connectivity index (χ2v) is 19.7. The number of carbonyl (C=O) groups excluding carboxylic acids is 2. The van der Waals surface area contributed by atoms with Crippen molar-refractivity contribution in [1.82, 2.24) is 30.1 Å². The van der Waals surface area contributed by atoms with E-state index in [4.69, 9.17) is 24.2 Å². The van der Waals surface area contributed by atoms with E-state index in [1.54, 1.807) is 18.3 Å². The Balaban J connectivity index is 1.10. The summed E-state index contributed by atoms with van der Waals surface area (Å²) < 4.78 is 75.4. The maximum Gasteiger partial charge on any atom is 0.415 e. The lowest BCUT2D eigenvalue weighted by atomic mass is 9.91. The summed E-state index contributed by atoms with van der Waals surface area (Å²) in [6.45, 7) is 4.29. The number of nitrogens with zero attached hydrogens (tertiary/aromatic N) is 6. The first-order valence-electron chi connectivity index (χ1n) is 20.7. The van der Waals surface area contributed by atoms with Crippen molar-refractivity contribution in [2.45, 2.75) is 94.0 Å². The number of halogens is 2. The normalized spacial score (nSPS) is 29.1. The number of aromatic nitrogens is 3. The van der Waals surface area contributed by atoms with Gasteiger partial charge in [-0.05, 0) is 93.3 Å². The Labute approximate surface area is 340 Å². The first-order valence-corrected chi connectivity index (χ1v) is 22.5. The smallest absolute Gasteiger partial charge is 0.415 e. The molecule has 0 saturated carbocycles. The van der Waals surface area contributed by atoms with Crippen LogP contribution < -0.4 is 19.7 Å². The predicted molar refractivity (Wildman–Crippen MR) is 215 cm³/mol. The van der Waals surface area contributed by atoms with Gasteiger partial charge in [-0.15, -0.1) is 0 Å². The van der Waals surface area contributed by atoms with E-state index in [0.717, 1.165) is 24.9 Å². The van der Waals surface area contributed by atoms with Crippen LogP contribution in [-0.2, 0) is 21.0 Å². The van der Waals surface area contributed by atoms with Gasteiger partial charge in [0, 0.05) is 49.9 Å². The van der Waals surface area contributed by atoms with Crippen molar-refractivity contribution in [3.8, 4) is 23.0 Å². The van der Waals surface area contributed by atoms with E-state index >= 15 is 4.39 Å². The molecule has 0 aliphatic carbocycles. The lowest BCUT2D eigenvalue weighted by molar-refractivity contribution is 0.107. The molecule has 17 heteroatoms. The van der Waals surface area contributed by atoms with Crippen LogP contribution in [0.5, 0.6) is 11.8 Å². The van der Waals surface area contributed by atoms with Crippen LogP contribution in [0.1, 0.15) is 63.9 Å². The maximum atomic E-state index is 17.6. The number of piperidine rings is 1. The van der Waals surface area contributed by atoms with Crippen LogP contribution >= 0.6 is 0 Å². The van der Waals surface area contributed by atoms with Gasteiger partial charge in [0.25, 0.3) is 0 Å². The third-order valence-corrected chi connectivity index (χ3v) is 15.1. The summed E-state index contributed by atoms with van der Waals surface area (Å²) in [5, 5.41) is 4.76. The minimum atomic E-state index is -3.27. The molecule has 0 radical (unpaired) electrons. The molecule has 1 N–H and O–H groups in total. The number of anilines is 1. The highest BCUT2D eigenvalue weighted by atomic mass is 32.2. The number of ether oxygens (including phenoxy) is 3. The fraction of sp³-hybridized carbons (Fsp3) is 0.548. The first-order chi connectivity index (χ1) is 28.4. The minimum Gasteiger partial charge on any atom is -0.461 e. The highest BCUT2D eigenvalue weighted by Crippen LogP contribution is 2.43. The van der Waals surface area contributed by atoms with Crippen LogP contribution in [0.15, 0.2) is 36.5 Å². The number of sulfone groups is 1. The van der Waals surface area contributed by atoms with Crippen LogP contribution in [0.3, 0.4) is 0 Å². The number of hydrogen-bond acceptors (Lipinski definition) is 12. The van der Waals surface area contributed by atoms with Gasteiger partial charge in [0.1, 0.15) is 35.6 Å². The second kappa shape index (κ2) is 14.4. The topological polar surface area (TPSA) is 156 Å². The third kappa shape index (κ3) is 6.96. The Kier molecular flexibility index (Phi) is 9.34. The Bertz CT molecular complexity index is 2470. The number of pyridine rings is 1. The van der Waals surface area contributed by atoms with Crippen LogP contribution in [0, 0.1) is 5.82 Å². The summed E-state index contributed by atoms with van der Waals surface area (Å²) in [5.41, 5.74) is -0.0162. The molecule has 0 spiro atoms. The number of carbonyl (C=O) groups is 2. The van der Waals surface area contributed by atoms with Gasteiger partial charge in [0.05, 0.1) is 34.6 Å². The zero-order valence-corrected chi connectivity index (χ0v) is 33.7. The van der Waals surface area contributed by atoms with E-state index in [9.17, 15) is 22.4 Å². The molecular weight excluding hydrogens is 785 g/mol. The number of benzene rings is 2. The summed E-state index contributed by atoms with van der Waals surface area (Å²) in [6, 6.07) is 7.96. The molecule has 5 atom stereocenters. The highest BCUT2D eigenvalue weighted by molar-refractivity contribution is 7.91. The lowest BCUT2D eigenvalue weighted by Gasteiger charge is -2.41. The van der Waals surface area contributed by atoms with Gasteiger partial charge in [0.2, 0.25) is 0 Å². The fourth-order valence-electron chi connectivity index (χ4n) is 10.7. The first kappa shape index (κ1) is 38.3. The highest BCUT2D eigenvalue weighted by Gasteiger charge is 2.50. The minimum absolute atomic E-state index is 0.0198. The average Bonchev–Trinajstić information content (AvgIpc) is 3.82. The molecular formula is C42H47F2N7O7S. The van der Waals surface area contributed by atoms with E-state index < -0.39 is 57.2 Å². The van der Waals surface area contributed by atoms with Crippen molar-refractivity contribution in [1.29, 1.82) is 0 Å². The standard InChI is InChI=1S/C42H47F2N7O7S/c1-41-11-4-13-49(23-41)37-32-19-45-35(34(44)36(32)46-38(47-37)57-24-42-12-5-14-50(42)20-27(43)18-42)31-17-30(58-40(53)51-28-9-10-29(51)22-59(54,55)21-28)16-26-7-2-6-25(33(26)31)8-3-15-56-39(52)48-41/h2,6-7,16-17,19,27-29H,3-5,8-15,18,20-24H2,1H3,(H,48,52)/t27-,28?,29?,41-,42+/m1/s1. The monoisotopic (exact) mass is 831 g/mol. The molecule has 7 aliphatic rings. The number of nitrogens with one attached hydrogen (secondary N) is 1. The Hall–Kier alpha value is -4.90. The van der Waals surface area contributed by atoms with Crippen molar-refractivity contribution in [2.75, 3.05) is 55.8 Å². The average molecular weight is 832 g/mol. The lowest BCUT2D eigenvalue weighted by Crippen LogP contribution is -2.57. The summed E-state index contributed by atoms with van der Waals surface area (Å²) in [4.78, 5) is 46.9. The largest absolute Gasteiger partial charge is 0.461 e. The summed E-state index contributed by atoms with van der Waals surface area (Å²) in [5.74, 6) is -0.386. The molecule has 5 saturated heterocycles. The van der Waals surface area contributed by atoms with E-state index in [1.165, 1.54) is 4.90 Å². The summed E-state index contributed by atoms with van der Waals surface area (Å²) >= 11 is 0. The quantitative estimate of drug-likeness (QED) is 0.267. The Morgan fingerprint density at radius 3 is 2.73 bits per heavy atom. The molecule has 2 aromatic heterocycles. The zero-order valence-electron chi connectivity index (χ0n) is 32.9. The molecule has 2 aromatic carbocycles. The van der Waals surface area contributed by atoms with Gasteiger partial charge in [-0.3, -0.25) is 14.8 Å². The van der Waals surface area contributed by atoms with Crippen molar-refractivity contribution < 1.29 is 41.0 Å². The molecule has 14 nitrogen and oxygen atoms in total. The number of fused-ring (bicyclic) bond motifs is 9. The molecule has 5 fully saturated rings. The van der Waals surface area contributed by atoms with Gasteiger partial charge in [-0.1, -0.05) is 18.2 Å². The summed E-state index contributed by atoms with van der Waals surface area (Å²) in [7, 11) is -3.27. The van der Waals surface area contributed by atoms with Gasteiger partial charge in [-0.25, -0.2) is 26.8 Å². The molecule has 2 unspecified atom stereocenters. The Morgan fingerprint density at radius 1 is 1.08 bits per heavy atom. The van der Waals surface area contributed by atoms with E-state index in [0.29, 0.717) is 92.1 Å². The van der Waals surface area contributed by atoms with E-state index in [1.807, 2.05) is 30.0 Å². The van der Waals surface area contributed by atoms with Crippen molar-refractivity contribution in [3.05, 3.63) is 47.9 Å². The number of amides is 2. The molecule has 59 heavy (non-hydrogen) atoms. The molecule has 11 rings (SSSR count). The Morgan fingerprint density at radius 2 is 1.90 bits per heavy atom. The van der Waals surface area contributed by atoms with Gasteiger partial charge in [-0.2, -0.15) is 9.97 Å². The number of aryl methyl sites for hydroxylation is 1. The maximum absolute atomic E-state index is 17.6. The van der Waals surface area contributed by atoms with Crippen molar-refractivity contribution >= 4 is 49.5 Å². The number of hydrogen-bond donors (Lipinski definition) is 1. The predicted octanol–water partition coefficient (Wildman–Crippen LogP) is 5.73. The summed E-state index contributed by atoms with van der Waals surface area (Å²) in [6.07, 6.45) is 4.96. The van der Waals surface area contributed by atoms with Gasteiger partial charge >= 0.3 is 18.2 Å².